The summed E-state index contributed by atoms with van der Waals surface area (Å²) in [4.78, 5) is 41.8. The van der Waals surface area contributed by atoms with E-state index in [0.717, 1.165) is 5.69 Å². The van der Waals surface area contributed by atoms with Crippen molar-refractivity contribution in [2.24, 2.45) is 0 Å². The molecule has 3 rings (SSSR count). The highest BCUT2D eigenvalue weighted by Crippen LogP contribution is 2.34. The van der Waals surface area contributed by atoms with Gasteiger partial charge >= 0.3 is 0 Å². The Labute approximate surface area is 199 Å². The van der Waals surface area contributed by atoms with Gasteiger partial charge in [-0.15, -0.1) is 0 Å². The standard InChI is InChI=1S/C26H30N4O4/c1-16(31)11-12-27-24(32)19-13-18-21(14-22(19)34-5)28-15-20(25(33)30-26(2,3)4)23(18)29-17-9-7-6-8-10-17/h6-10,13-15H,11-12H2,1-5H3,(H,27,32)(H,28,29)(H,30,33). The maximum absolute atomic E-state index is 13.1. The van der Waals surface area contributed by atoms with Crippen LogP contribution in [0, 0.1) is 0 Å². The molecule has 1 heterocycles. The number of nitrogens with zero attached hydrogens (tertiary/aromatic N) is 1. The number of fused-ring (bicyclic) bond motifs is 1. The summed E-state index contributed by atoms with van der Waals surface area (Å²) in [6.07, 6.45) is 1.75. The van der Waals surface area contributed by atoms with Crippen LogP contribution in [0.1, 0.15) is 54.8 Å². The number of ether oxygens (including phenoxy) is 1. The van der Waals surface area contributed by atoms with Crippen molar-refractivity contribution in [3.63, 3.8) is 0 Å². The Bertz CT molecular complexity index is 1220. The number of hydrogen-bond donors (Lipinski definition) is 3. The molecule has 3 aromatic rings. The average Bonchev–Trinajstić information content (AvgIpc) is 2.77. The van der Waals surface area contributed by atoms with Gasteiger partial charge in [-0.2, -0.15) is 0 Å². The van der Waals surface area contributed by atoms with Crippen molar-refractivity contribution in [3.05, 3.63) is 59.8 Å². The van der Waals surface area contributed by atoms with Crippen LogP contribution in [0.2, 0.25) is 0 Å². The van der Waals surface area contributed by atoms with Gasteiger partial charge in [0.15, 0.2) is 0 Å². The SMILES string of the molecule is COc1cc2ncc(C(=O)NC(C)(C)C)c(Nc3ccccc3)c2cc1C(=O)NCCC(C)=O. The summed E-state index contributed by atoms with van der Waals surface area (Å²) in [6.45, 7) is 7.39. The fraction of sp³-hybridized carbons (Fsp3) is 0.308. The van der Waals surface area contributed by atoms with Gasteiger partial charge in [0.25, 0.3) is 11.8 Å². The maximum Gasteiger partial charge on any atom is 0.255 e. The van der Waals surface area contributed by atoms with Crippen molar-refractivity contribution < 1.29 is 19.1 Å². The molecule has 0 aliphatic heterocycles. The van der Waals surface area contributed by atoms with E-state index in [-0.39, 0.29) is 36.1 Å². The van der Waals surface area contributed by atoms with Crippen molar-refractivity contribution in [2.75, 3.05) is 19.0 Å². The monoisotopic (exact) mass is 462 g/mol. The molecule has 0 unspecified atom stereocenters. The first kappa shape index (κ1) is 24.7. The zero-order chi connectivity index (χ0) is 24.9. The fourth-order valence-electron chi connectivity index (χ4n) is 3.39. The van der Waals surface area contributed by atoms with Crippen LogP contribution in [0.3, 0.4) is 0 Å². The summed E-state index contributed by atoms with van der Waals surface area (Å²) < 4.78 is 5.44. The minimum absolute atomic E-state index is 0.0150. The summed E-state index contributed by atoms with van der Waals surface area (Å²) in [6, 6.07) is 12.8. The predicted molar refractivity (Wildman–Crippen MR) is 133 cm³/mol. The second kappa shape index (κ2) is 10.3. The van der Waals surface area contributed by atoms with Crippen LogP contribution in [0.25, 0.3) is 10.9 Å². The number of anilines is 2. The van der Waals surface area contributed by atoms with Crippen LogP contribution in [0.5, 0.6) is 5.75 Å². The number of aromatic nitrogens is 1. The minimum atomic E-state index is -0.447. The highest BCUT2D eigenvalue weighted by atomic mass is 16.5. The molecule has 0 aliphatic carbocycles. The number of rotatable bonds is 8. The number of amides is 2. The van der Waals surface area contributed by atoms with Crippen molar-refractivity contribution in [2.45, 2.75) is 39.7 Å². The van der Waals surface area contributed by atoms with Crippen LogP contribution in [0.4, 0.5) is 11.4 Å². The van der Waals surface area contributed by atoms with E-state index in [4.69, 9.17) is 4.74 Å². The van der Waals surface area contributed by atoms with Gasteiger partial charge in [0.1, 0.15) is 11.5 Å². The molecule has 8 nitrogen and oxygen atoms in total. The third-order valence-corrected chi connectivity index (χ3v) is 4.97. The van der Waals surface area contributed by atoms with E-state index in [1.54, 1.807) is 12.1 Å². The van der Waals surface area contributed by atoms with Gasteiger partial charge in [-0.05, 0) is 45.9 Å². The molecule has 2 amide bonds. The van der Waals surface area contributed by atoms with E-state index in [0.29, 0.717) is 27.9 Å². The number of hydrogen-bond acceptors (Lipinski definition) is 6. The number of Topliss-reactive ketones (excluding diaryl/α,β-unsaturated/α-hetero) is 1. The van der Waals surface area contributed by atoms with Crippen LogP contribution in [0.15, 0.2) is 48.7 Å². The average molecular weight is 463 g/mol. The van der Waals surface area contributed by atoms with Gasteiger partial charge in [0.05, 0.1) is 29.4 Å². The molecule has 8 heteroatoms. The Morgan fingerprint density at radius 3 is 2.32 bits per heavy atom. The molecule has 178 valence electrons. The second-order valence-electron chi connectivity index (χ2n) is 9.02. The summed E-state index contributed by atoms with van der Waals surface area (Å²) in [7, 11) is 1.47. The Hall–Kier alpha value is -3.94. The lowest BCUT2D eigenvalue weighted by Crippen LogP contribution is -2.40. The summed E-state index contributed by atoms with van der Waals surface area (Å²) >= 11 is 0. The van der Waals surface area contributed by atoms with Crippen molar-refractivity contribution in [3.8, 4) is 5.75 Å². The first-order chi connectivity index (χ1) is 16.1. The quantitative estimate of drug-likeness (QED) is 0.462. The number of nitrogens with one attached hydrogen (secondary N) is 3. The molecule has 3 N–H and O–H groups in total. The Morgan fingerprint density at radius 2 is 1.71 bits per heavy atom. The van der Waals surface area contributed by atoms with Gasteiger partial charge < -0.3 is 20.7 Å². The van der Waals surface area contributed by atoms with Crippen LogP contribution >= 0.6 is 0 Å². The van der Waals surface area contributed by atoms with Crippen LogP contribution in [-0.2, 0) is 4.79 Å². The Balaban J connectivity index is 2.15. The number of pyridine rings is 1. The third kappa shape index (κ3) is 6.10. The normalized spacial score (nSPS) is 11.1. The predicted octanol–water partition coefficient (Wildman–Crippen LogP) is 4.22. The molecule has 0 atom stereocenters. The lowest BCUT2D eigenvalue weighted by Gasteiger charge is -2.22. The highest BCUT2D eigenvalue weighted by molar-refractivity contribution is 6.10. The maximum atomic E-state index is 13.1. The Morgan fingerprint density at radius 1 is 1.00 bits per heavy atom. The number of carbonyl (C=O) groups is 3. The number of ketones is 1. The van der Waals surface area contributed by atoms with Crippen molar-refractivity contribution in [1.29, 1.82) is 0 Å². The molecule has 0 aliphatic rings. The number of para-hydroxylation sites is 1. The van der Waals surface area contributed by atoms with Gasteiger partial charge in [0, 0.05) is 41.8 Å². The molecule has 0 bridgehead atoms. The van der Waals surface area contributed by atoms with E-state index in [1.807, 2.05) is 51.1 Å². The topological polar surface area (TPSA) is 109 Å². The molecule has 0 saturated heterocycles. The number of benzene rings is 2. The number of methoxy groups -OCH3 is 1. The molecule has 0 fully saturated rings. The van der Waals surface area contributed by atoms with Gasteiger partial charge in [-0.25, -0.2) is 0 Å². The summed E-state index contributed by atoms with van der Waals surface area (Å²) in [5.41, 5.74) is 2.05. The number of carbonyl (C=O) groups excluding carboxylic acids is 3. The van der Waals surface area contributed by atoms with Crippen LogP contribution in [-0.4, -0.2) is 41.8 Å². The van der Waals surface area contributed by atoms with Gasteiger partial charge in [-0.3, -0.25) is 19.4 Å². The first-order valence-corrected chi connectivity index (χ1v) is 11.0. The summed E-state index contributed by atoms with van der Waals surface area (Å²) in [5.74, 6) is -0.337. The molecular formula is C26H30N4O4. The van der Waals surface area contributed by atoms with E-state index in [2.05, 4.69) is 20.9 Å². The van der Waals surface area contributed by atoms with E-state index in [1.165, 1.54) is 20.2 Å². The molecular weight excluding hydrogens is 432 g/mol. The molecule has 0 radical (unpaired) electrons. The molecule has 2 aromatic carbocycles. The van der Waals surface area contributed by atoms with E-state index in [9.17, 15) is 14.4 Å². The highest BCUT2D eigenvalue weighted by Gasteiger charge is 2.23. The molecule has 0 spiro atoms. The minimum Gasteiger partial charge on any atom is -0.496 e. The van der Waals surface area contributed by atoms with Gasteiger partial charge in [-0.1, -0.05) is 18.2 Å². The van der Waals surface area contributed by atoms with Crippen molar-refractivity contribution >= 4 is 39.9 Å². The largest absolute Gasteiger partial charge is 0.496 e. The fourth-order valence-corrected chi connectivity index (χ4v) is 3.39. The van der Waals surface area contributed by atoms with E-state index >= 15 is 0 Å². The smallest absolute Gasteiger partial charge is 0.255 e. The van der Waals surface area contributed by atoms with Gasteiger partial charge in [0.2, 0.25) is 0 Å². The third-order valence-electron chi connectivity index (χ3n) is 4.97. The van der Waals surface area contributed by atoms with E-state index < -0.39 is 5.54 Å². The first-order valence-electron chi connectivity index (χ1n) is 11.0. The lowest BCUT2D eigenvalue weighted by molar-refractivity contribution is -0.116. The van der Waals surface area contributed by atoms with Crippen LogP contribution < -0.4 is 20.7 Å². The second-order valence-corrected chi connectivity index (χ2v) is 9.02. The van der Waals surface area contributed by atoms with Crippen molar-refractivity contribution in [1.82, 2.24) is 15.6 Å². The zero-order valence-corrected chi connectivity index (χ0v) is 20.1. The zero-order valence-electron chi connectivity index (χ0n) is 20.1. The summed E-state index contributed by atoms with van der Waals surface area (Å²) in [5, 5.41) is 9.63. The molecule has 1 aromatic heterocycles. The molecule has 34 heavy (non-hydrogen) atoms. The lowest BCUT2D eigenvalue weighted by atomic mass is 10.0. The molecule has 0 saturated carbocycles. The Kier molecular flexibility index (Phi) is 7.50.